The highest BCUT2D eigenvalue weighted by atomic mass is 79.9. The molecule has 0 amide bonds. The molecule has 1 aromatic heterocycles. The van der Waals surface area contributed by atoms with Crippen molar-refractivity contribution in [2.24, 2.45) is 7.05 Å². The van der Waals surface area contributed by atoms with E-state index in [1.807, 2.05) is 19.1 Å². The van der Waals surface area contributed by atoms with Gasteiger partial charge in [-0.1, -0.05) is 34.1 Å². The number of aryl methyl sites for hydroxylation is 2. The van der Waals surface area contributed by atoms with Gasteiger partial charge in [0.1, 0.15) is 5.82 Å². The molecular weight excluding hydrogens is 342 g/mol. The summed E-state index contributed by atoms with van der Waals surface area (Å²) in [6.07, 6.45) is 1.50. The van der Waals surface area contributed by atoms with Crippen molar-refractivity contribution in [3.8, 4) is 0 Å². The van der Waals surface area contributed by atoms with Crippen molar-refractivity contribution in [3.05, 3.63) is 41.9 Å². The maximum Gasteiger partial charge on any atom is 0.280 e. The number of rotatable bonds is 4. The highest BCUT2D eigenvalue weighted by molar-refractivity contribution is 9.09. The molecule has 1 atom stereocenters. The smallest absolute Gasteiger partial charge is 0.280 e. The molecule has 0 aliphatic carbocycles. The Morgan fingerprint density at radius 3 is 2.55 bits per heavy atom. The van der Waals surface area contributed by atoms with E-state index in [0.717, 1.165) is 5.56 Å². The highest BCUT2D eigenvalue weighted by Crippen LogP contribution is 2.29. The van der Waals surface area contributed by atoms with Gasteiger partial charge in [0.05, 0.1) is 5.69 Å². The first-order valence-electron chi connectivity index (χ1n) is 6.07. The number of benzene rings is 1. The molecule has 0 aliphatic heterocycles. The van der Waals surface area contributed by atoms with Gasteiger partial charge in [0.25, 0.3) is 10.0 Å². The van der Waals surface area contributed by atoms with Gasteiger partial charge in [0, 0.05) is 18.1 Å². The first-order valence-corrected chi connectivity index (χ1v) is 8.47. The van der Waals surface area contributed by atoms with Crippen LogP contribution in [0.15, 0.2) is 35.5 Å². The topological polar surface area (TPSA) is 64.0 Å². The molecule has 0 saturated heterocycles. The number of hydrogen-bond donors (Lipinski definition) is 1. The summed E-state index contributed by atoms with van der Waals surface area (Å²) >= 11 is 3.46. The molecule has 1 unspecified atom stereocenters. The number of alkyl halides is 1. The molecule has 0 bridgehead atoms. The van der Waals surface area contributed by atoms with Crippen molar-refractivity contribution in [2.45, 2.75) is 23.7 Å². The van der Waals surface area contributed by atoms with E-state index in [-0.39, 0.29) is 9.85 Å². The van der Waals surface area contributed by atoms with Crippen molar-refractivity contribution in [1.82, 2.24) is 9.55 Å². The lowest BCUT2D eigenvalue weighted by Gasteiger charge is -2.12. The van der Waals surface area contributed by atoms with E-state index in [4.69, 9.17) is 0 Å². The van der Waals surface area contributed by atoms with E-state index in [1.165, 1.54) is 6.20 Å². The SMILES string of the molecule is Cc1nc(S(=O)(=O)Nc2ccccc2C(C)Br)cn1C. The van der Waals surface area contributed by atoms with E-state index < -0.39 is 10.0 Å². The molecule has 1 heterocycles. The van der Waals surface area contributed by atoms with Crippen molar-refractivity contribution >= 4 is 31.6 Å². The van der Waals surface area contributed by atoms with E-state index in [9.17, 15) is 8.42 Å². The molecule has 1 aromatic carbocycles. The molecular formula is C13H16BrN3O2S. The summed E-state index contributed by atoms with van der Waals surface area (Å²) in [6.45, 7) is 3.70. The monoisotopic (exact) mass is 357 g/mol. The predicted molar refractivity (Wildman–Crippen MR) is 82.5 cm³/mol. The van der Waals surface area contributed by atoms with E-state index >= 15 is 0 Å². The van der Waals surface area contributed by atoms with E-state index in [0.29, 0.717) is 11.5 Å². The molecule has 20 heavy (non-hydrogen) atoms. The lowest BCUT2D eigenvalue weighted by atomic mass is 10.1. The molecule has 0 spiro atoms. The minimum atomic E-state index is -3.67. The fourth-order valence-electron chi connectivity index (χ4n) is 1.79. The van der Waals surface area contributed by atoms with Crippen molar-refractivity contribution < 1.29 is 8.42 Å². The first-order chi connectivity index (χ1) is 9.31. The van der Waals surface area contributed by atoms with Gasteiger partial charge >= 0.3 is 0 Å². The van der Waals surface area contributed by atoms with Crippen LogP contribution in [-0.2, 0) is 17.1 Å². The zero-order valence-electron chi connectivity index (χ0n) is 11.5. The predicted octanol–water partition coefficient (Wildman–Crippen LogP) is 2.99. The Balaban J connectivity index is 2.38. The Morgan fingerprint density at radius 1 is 1.35 bits per heavy atom. The van der Waals surface area contributed by atoms with Crippen LogP contribution in [0.2, 0.25) is 0 Å². The van der Waals surface area contributed by atoms with Gasteiger partial charge in [0.15, 0.2) is 5.03 Å². The van der Waals surface area contributed by atoms with Gasteiger partial charge in [-0.25, -0.2) is 4.98 Å². The van der Waals surface area contributed by atoms with Crippen LogP contribution in [0.5, 0.6) is 0 Å². The van der Waals surface area contributed by atoms with Gasteiger partial charge in [-0.3, -0.25) is 4.72 Å². The number of nitrogens with zero attached hydrogens (tertiary/aromatic N) is 2. The van der Waals surface area contributed by atoms with E-state index in [2.05, 4.69) is 25.6 Å². The molecule has 0 fully saturated rings. The molecule has 2 rings (SSSR count). The third-order valence-electron chi connectivity index (χ3n) is 3.00. The lowest BCUT2D eigenvalue weighted by molar-refractivity contribution is 0.598. The number of nitrogens with one attached hydrogen (secondary N) is 1. The number of hydrogen-bond acceptors (Lipinski definition) is 3. The Hall–Kier alpha value is -1.34. The zero-order valence-corrected chi connectivity index (χ0v) is 13.9. The largest absolute Gasteiger partial charge is 0.337 e. The lowest BCUT2D eigenvalue weighted by Crippen LogP contribution is -2.14. The van der Waals surface area contributed by atoms with Crippen LogP contribution in [0.25, 0.3) is 0 Å². The average Bonchev–Trinajstić information content (AvgIpc) is 2.70. The summed E-state index contributed by atoms with van der Waals surface area (Å²) in [5, 5.41) is 0.0227. The summed E-state index contributed by atoms with van der Waals surface area (Å²) < 4.78 is 28.9. The fourth-order valence-corrected chi connectivity index (χ4v) is 3.32. The van der Waals surface area contributed by atoms with Gasteiger partial charge in [-0.2, -0.15) is 8.42 Å². The Morgan fingerprint density at radius 2 is 2.00 bits per heavy atom. The van der Waals surface area contributed by atoms with Crippen molar-refractivity contribution in [3.63, 3.8) is 0 Å². The minimum Gasteiger partial charge on any atom is -0.337 e. The van der Waals surface area contributed by atoms with Gasteiger partial charge < -0.3 is 4.57 Å². The summed E-state index contributed by atoms with van der Waals surface area (Å²) in [5.41, 5.74) is 1.43. The second-order valence-electron chi connectivity index (χ2n) is 4.55. The van der Waals surface area contributed by atoms with Crippen LogP contribution in [-0.4, -0.2) is 18.0 Å². The maximum atomic E-state index is 12.3. The van der Waals surface area contributed by atoms with Crippen LogP contribution in [0, 0.1) is 6.92 Å². The molecule has 108 valence electrons. The van der Waals surface area contributed by atoms with Crippen LogP contribution < -0.4 is 4.72 Å². The molecule has 0 saturated carbocycles. The van der Waals surface area contributed by atoms with E-state index in [1.54, 1.807) is 30.7 Å². The first kappa shape index (κ1) is 15.1. The molecule has 2 aromatic rings. The second-order valence-corrected chi connectivity index (χ2v) is 7.55. The van der Waals surface area contributed by atoms with Gasteiger partial charge in [-0.05, 0) is 25.5 Å². The molecule has 0 radical (unpaired) electrons. The fraction of sp³-hybridized carbons (Fsp3) is 0.308. The van der Waals surface area contributed by atoms with Crippen molar-refractivity contribution in [1.29, 1.82) is 0 Å². The number of anilines is 1. The number of aromatic nitrogens is 2. The molecule has 7 heteroatoms. The standard InChI is InChI=1S/C13H16BrN3O2S/c1-9(14)11-6-4-5-7-12(11)16-20(18,19)13-8-17(3)10(2)15-13/h4-9,16H,1-3H3. The maximum absolute atomic E-state index is 12.3. The summed E-state index contributed by atoms with van der Waals surface area (Å²) in [7, 11) is -1.91. The zero-order chi connectivity index (χ0) is 14.9. The van der Waals surface area contributed by atoms with Crippen molar-refractivity contribution in [2.75, 3.05) is 4.72 Å². The average molecular weight is 358 g/mol. The number of sulfonamides is 1. The van der Waals surface area contributed by atoms with Crippen LogP contribution >= 0.6 is 15.9 Å². The minimum absolute atomic E-state index is 0.0227. The summed E-state index contributed by atoms with van der Waals surface area (Å²) in [5.74, 6) is 0.646. The molecule has 0 aliphatic rings. The van der Waals surface area contributed by atoms with Gasteiger partial charge in [0.2, 0.25) is 0 Å². The molecule has 5 nitrogen and oxygen atoms in total. The number of imidazole rings is 1. The van der Waals surface area contributed by atoms with Gasteiger partial charge in [-0.15, -0.1) is 0 Å². The Bertz CT molecular complexity index is 703. The summed E-state index contributed by atoms with van der Waals surface area (Å²) in [4.78, 5) is 4.10. The van der Waals surface area contributed by atoms with Crippen LogP contribution in [0.1, 0.15) is 23.1 Å². The third kappa shape index (κ3) is 3.04. The Kier molecular flexibility index (Phi) is 4.19. The quantitative estimate of drug-likeness (QED) is 0.855. The summed E-state index contributed by atoms with van der Waals surface area (Å²) in [6, 6.07) is 7.28. The normalized spacial score (nSPS) is 13.2. The highest BCUT2D eigenvalue weighted by Gasteiger charge is 2.20. The second kappa shape index (κ2) is 5.57. The number of para-hydroxylation sites is 1. The third-order valence-corrected chi connectivity index (χ3v) is 4.72. The molecule has 1 N–H and O–H groups in total. The Labute approximate surface area is 127 Å². The van der Waals surface area contributed by atoms with Crippen LogP contribution in [0.3, 0.4) is 0 Å². The van der Waals surface area contributed by atoms with Crippen LogP contribution in [0.4, 0.5) is 5.69 Å². The number of halogens is 1.